The first-order chi connectivity index (χ1) is 11.9. The van der Waals surface area contributed by atoms with Crippen LogP contribution in [0.3, 0.4) is 0 Å². The van der Waals surface area contributed by atoms with Crippen LogP contribution in [-0.2, 0) is 9.59 Å². The maximum Gasteiger partial charge on any atom is 0.226 e. The summed E-state index contributed by atoms with van der Waals surface area (Å²) in [7, 11) is 0. The molecule has 0 heterocycles. The highest BCUT2D eigenvalue weighted by molar-refractivity contribution is 5.94. The van der Waals surface area contributed by atoms with Crippen LogP contribution in [0, 0.1) is 23.0 Å². The van der Waals surface area contributed by atoms with E-state index in [1.807, 2.05) is 6.07 Å². The number of hydrogen-bond donors (Lipinski definition) is 1. The lowest BCUT2D eigenvalue weighted by atomic mass is 10.2. The lowest BCUT2D eigenvalue weighted by molar-refractivity contribution is -0.117. The number of anilines is 2. The van der Waals surface area contributed by atoms with Crippen LogP contribution in [0.25, 0.3) is 0 Å². The van der Waals surface area contributed by atoms with Crippen molar-refractivity contribution in [3.63, 3.8) is 0 Å². The van der Waals surface area contributed by atoms with Crippen LogP contribution in [-0.4, -0.2) is 18.4 Å². The SMILES string of the molecule is CC(=O)N(CCC(=O)Nc1ccc(F)c(F)c1)c1cccc(C#N)c1. The second kappa shape index (κ2) is 8.02. The van der Waals surface area contributed by atoms with E-state index in [0.717, 1.165) is 12.1 Å². The largest absolute Gasteiger partial charge is 0.326 e. The predicted molar refractivity (Wildman–Crippen MR) is 88.8 cm³/mol. The van der Waals surface area contributed by atoms with Gasteiger partial charge in [-0.15, -0.1) is 0 Å². The zero-order valence-corrected chi connectivity index (χ0v) is 13.4. The van der Waals surface area contributed by atoms with Crippen molar-refractivity contribution in [3.05, 3.63) is 59.7 Å². The van der Waals surface area contributed by atoms with Crippen LogP contribution in [0.4, 0.5) is 20.2 Å². The normalized spacial score (nSPS) is 10.0. The van der Waals surface area contributed by atoms with Gasteiger partial charge in [0.1, 0.15) is 0 Å². The molecule has 0 spiro atoms. The summed E-state index contributed by atoms with van der Waals surface area (Å²) in [6.07, 6.45) is -0.0463. The third-order valence-electron chi connectivity index (χ3n) is 3.43. The van der Waals surface area contributed by atoms with E-state index in [4.69, 9.17) is 5.26 Å². The van der Waals surface area contributed by atoms with Gasteiger partial charge in [0.15, 0.2) is 11.6 Å². The highest BCUT2D eigenvalue weighted by Gasteiger charge is 2.14. The highest BCUT2D eigenvalue weighted by Crippen LogP contribution is 2.17. The molecule has 0 bridgehead atoms. The van der Waals surface area contributed by atoms with Crippen LogP contribution in [0.15, 0.2) is 42.5 Å². The standard InChI is InChI=1S/C18H15F2N3O2/c1-12(24)23(15-4-2-3-13(9-15)11-21)8-7-18(25)22-14-5-6-16(19)17(20)10-14/h2-6,9-10H,7-8H2,1H3,(H,22,25). The van der Waals surface area contributed by atoms with E-state index in [0.29, 0.717) is 11.3 Å². The summed E-state index contributed by atoms with van der Waals surface area (Å²) in [5.74, 6) is -2.79. The summed E-state index contributed by atoms with van der Waals surface area (Å²) in [4.78, 5) is 25.2. The zero-order chi connectivity index (χ0) is 18.4. The van der Waals surface area contributed by atoms with Gasteiger partial charge in [-0.25, -0.2) is 8.78 Å². The number of nitrogens with zero attached hydrogens (tertiary/aromatic N) is 2. The number of amides is 2. The minimum atomic E-state index is -1.06. The Morgan fingerprint density at radius 3 is 2.56 bits per heavy atom. The fourth-order valence-corrected chi connectivity index (χ4v) is 2.22. The number of hydrogen-bond acceptors (Lipinski definition) is 3. The molecular weight excluding hydrogens is 328 g/mol. The van der Waals surface area contributed by atoms with Gasteiger partial charge in [0.25, 0.3) is 0 Å². The molecule has 0 aliphatic rings. The molecule has 0 aliphatic heterocycles. The van der Waals surface area contributed by atoms with Gasteiger partial charge in [0, 0.05) is 37.3 Å². The first kappa shape index (κ1) is 18.1. The number of carbonyl (C=O) groups is 2. The van der Waals surface area contributed by atoms with Crippen molar-refractivity contribution in [2.75, 3.05) is 16.8 Å². The third kappa shape index (κ3) is 4.85. The quantitative estimate of drug-likeness (QED) is 0.906. The van der Waals surface area contributed by atoms with Crippen molar-refractivity contribution >= 4 is 23.2 Å². The second-order valence-corrected chi connectivity index (χ2v) is 5.26. The summed E-state index contributed by atoms with van der Waals surface area (Å²) in [5, 5.41) is 11.4. The van der Waals surface area contributed by atoms with Crippen molar-refractivity contribution in [1.82, 2.24) is 0 Å². The fourth-order valence-electron chi connectivity index (χ4n) is 2.22. The molecule has 0 aliphatic carbocycles. The van der Waals surface area contributed by atoms with Gasteiger partial charge in [-0.05, 0) is 30.3 Å². The van der Waals surface area contributed by atoms with E-state index in [-0.39, 0.29) is 24.6 Å². The molecule has 1 N–H and O–H groups in total. The van der Waals surface area contributed by atoms with Gasteiger partial charge < -0.3 is 10.2 Å². The van der Waals surface area contributed by atoms with Crippen LogP contribution in [0.1, 0.15) is 18.9 Å². The van der Waals surface area contributed by atoms with Gasteiger partial charge in [-0.1, -0.05) is 6.07 Å². The van der Waals surface area contributed by atoms with Crippen LogP contribution >= 0.6 is 0 Å². The fraction of sp³-hybridized carbons (Fsp3) is 0.167. The Bertz CT molecular complexity index is 846. The first-order valence-corrected chi connectivity index (χ1v) is 7.44. The highest BCUT2D eigenvalue weighted by atomic mass is 19.2. The Labute approximate surface area is 143 Å². The smallest absolute Gasteiger partial charge is 0.226 e. The molecule has 0 radical (unpaired) electrons. The van der Waals surface area contributed by atoms with E-state index in [2.05, 4.69) is 5.32 Å². The molecular formula is C18H15F2N3O2. The van der Waals surface area contributed by atoms with Gasteiger partial charge in [0.05, 0.1) is 11.6 Å². The number of benzene rings is 2. The van der Waals surface area contributed by atoms with Crippen molar-refractivity contribution in [2.45, 2.75) is 13.3 Å². The van der Waals surface area contributed by atoms with Crippen LogP contribution in [0.2, 0.25) is 0 Å². The third-order valence-corrected chi connectivity index (χ3v) is 3.43. The minimum absolute atomic E-state index is 0.0463. The molecule has 0 saturated carbocycles. The number of nitrogens with one attached hydrogen (secondary N) is 1. The molecule has 2 amide bonds. The summed E-state index contributed by atoms with van der Waals surface area (Å²) >= 11 is 0. The number of nitriles is 1. The summed E-state index contributed by atoms with van der Waals surface area (Å²) in [6, 6.07) is 11.5. The average Bonchev–Trinajstić information content (AvgIpc) is 2.58. The summed E-state index contributed by atoms with van der Waals surface area (Å²) in [6.45, 7) is 1.44. The summed E-state index contributed by atoms with van der Waals surface area (Å²) < 4.78 is 26.0. The van der Waals surface area contributed by atoms with Gasteiger partial charge >= 0.3 is 0 Å². The summed E-state index contributed by atoms with van der Waals surface area (Å²) in [5.41, 5.74) is 1.03. The van der Waals surface area contributed by atoms with Crippen LogP contribution in [0.5, 0.6) is 0 Å². The monoisotopic (exact) mass is 343 g/mol. The second-order valence-electron chi connectivity index (χ2n) is 5.26. The molecule has 128 valence electrons. The lowest BCUT2D eigenvalue weighted by Crippen LogP contribution is -2.32. The Hall–Kier alpha value is -3.27. The maximum atomic E-state index is 13.1. The van der Waals surface area contributed by atoms with Crippen molar-refractivity contribution in [2.24, 2.45) is 0 Å². The lowest BCUT2D eigenvalue weighted by Gasteiger charge is -2.21. The van der Waals surface area contributed by atoms with Crippen molar-refractivity contribution in [1.29, 1.82) is 5.26 Å². The van der Waals surface area contributed by atoms with Gasteiger partial charge in [-0.3, -0.25) is 9.59 Å². The molecule has 2 aromatic rings. The van der Waals surface area contributed by atoms with E-state index < -0.39 is 17.5 Å². The number of rotatable bonds is 5. The van der Waals surface area contributed by atoms with Gasteiger partial charge in [-0.2, -0.15) is 5.26 Å². The molecule has 0 unspecified atom stereocenters. The van der Waals surface area contributed by atoms with E-state index in [1.54, 1.807) is 24.3 Å². The van der Waals surface area contributed by atoms with Crippen LogP contribution < -0.4 is 10.2 Å². The van der Waals surface area contributed by atoms with E-state index in [9.17, 15) is 18.4 Å². The average molecular weight is 343 g/mol. The first-order valence-electron chi connectivity index (χ1n) is 7.44. The van der Waals surface area contributed by atoms with Crippen molar-refractivity contribution in [3.8, 4) is 6.07 Å². The Morgan fingerprint density at radius 2 is 1.92 bits per heavy atom. The maximum absolute atomic E-state index is 13.1. The van der Waals surface area contributed by atoms with E-state index in [1.165, 1.54) is 17.9 Å². The zero-order valence-electron chi connectivity index (χ0n) is 13.4. The topological polar surface area (TPSA) is 73.2 Å². The Kier molecular flexibility index (Phi) is 5.79. The molecule has 0 aromatic heterocycles. The molecule has 7 heteroatoms. The van der Waals surface area contributed by atoms with E-state index >= 15 is 0 Å². The number of halogens is 2. The van der Waals surface area contributed by atoms with Crippen molar-refractivity contribution < 1.29 is 18.4 Å². The Morgan fingerprint density at radius 1 is 1.16 bits per heavy atom. The molecule has 0 saturated heterocycles. The molecule has 0 fully saturated rings. The molecule has 2 aromatic carbocycles. The molecule has 0 atom stereocenters. The molecule has 2 rings (SSSR count). The molecule has 25 heavy (non-hydrogen) atoms. The predicted octanol–water partition coefficient (Wildman–Crippen LogP) is 3.22. The Balaban J connectivity index is 2.03. The number of carbonyl (C=O) groups excluding carboxylic acids is 2. The molecule has 5 nitrogen and oxygen atoms in total. The minimum Gasteiger partial charge on any atom is -0.326 e. The van der Waals surface area contributed by atoms with Gasteiger partial charge in [0.2, 0.25) is 11.8 Å².